The molecule has 0 saturated carbocycles. The number of rotatable bonds is 5. The lowest BCUT2D eigenvalue weighted by atomic mass is 10.1. The molecule has 7 heteroatoms. The van der Waals surface area contributed by atoms with Gasteiger partial charge in [-0.2, -0.15) is 0 Å². The first kappa shape index (κ1) is 17.6. The molecular weight excluding hydrogens is 360 g/mol. The Balaban J connectivity index is 1.75. The summed E-state index contributed by atoms with van der Waals surface area (Å²) in [5, 5.41) is 0. The molecule has 130 valence electrons. The van der Waals surface area contributed by atoms with Crippen molar-refractivity contribution in [1.82, 2.24) is 4.98 Å². The molecule has 1 aromatic heterocycles. The molecule has 5 nitrogen and oxygen atoms in total. The number of amides is 1. The molecule has 0 bridgehead atoms. The van der Waals surface area contributed by atoms with Gasteiger partial charge in [-0.15, -0.1) is 0 Å². The van der Waals surface area contributed by atoms with Crippen LogP contribution in [0, 0.1) is 5.92 Å². The third-order valence-electron chi connectivity index (χ3n) is 3.96. The van der Waals surface area contributed by atoms with E-state index in [1.807, 2.05) is 54.6 Å². The SMILES string of the molecule is O=C1CC(CS(=O)(=O)Cl)CN1c1cccc(C=Cc2ccccn2)c1. The molecule has 1 amide bonds. The fraction of sp³-hybridized carbons (Fsp3) is 0.222. The van der Waals surface area contributed by atoms with Crippen molar-refractivity contribution in [2.45, 2.75) is 6.42 Å². The van der Waals surface area contributed by atoms with Gasteiger partial charge in [-0.3, -0.25) is 9.78 Å². The molecule has 1 saturated heterocycles. The van der Waals surface area contributed by atoms with Crippen LogP contribution in [0.15, 0.2) is 48.7 Å². The average Bonchev–Trinajstić information content (AvgIpc) is 2.92. The highest BCUT2D eigenvalue weighted by atomic mass is 35.7. The van der Waals surface area contributed by atoms with Crippen LogP contribution in [0.5, 0.6) is 0 Å². The summed E-state index contributed by atoms with van der Waals surface area (Å²) >= 11 is 0. The van der Waals surface area contributed by atoms with Gasteiger partial charge < -0.3 is 4.90 Å². The van der Waals surface area contributed by atoms with Crippen molar-refractivity contribution in [3.8, 4) is 0 Å². The number of halogens is 1. The Labute approximate surface area is 151 Å². The number of hydrogen-bond acceptors (Lipinski definition) is 4. The number of benzene rings is 1. The molecule has 1 aliphatic rings. The van der Waals surface area contributed by atoms with E-state index in [1.165, 1.54) is 0 Å². The first-order valence-corrected chi connectivity index (χ1v) is 10.3. The Morgan fingerprint density at radius 3 is 2.76 bits per heavy atom. The molecule has 1 aliphatic heterocycles. The number of hydrogen-bond donors (Lipinski definition) is 0. The number of anilines is 1. The molecule has 0 N–H and O–H groups in total. The Morgan fingerprint density at radius 2 is 2.04 bits per heavy atom. The number of nitrogens with zero attached hydrogens (tertiary/aromatic N) is 2. The van der Waals surface area contributed by atoms with Crippen molar-refractivity contribution >= 4 is 43.5 Å². The van der Waals surface area contributed by atoms with Gasteiger partial charge in [0, 0.05) is 41.5 Å². The smallest absolute Gasteiger partial charge is 0.232 e. The molecule has 1 atom stereocenters. The van der Waals surface area contributed by atoms with E-state index in [4.69, 9.17) is 10.7 Å². The van der Waals surface area contributed by atoms with Crippen molar-refractivity contribution in [2.75, 3.05) is 17.2 Å². The van der Waals surface area contributed by atoms with Gasteiger partial charge in [-0.05, 0) is 35.9 Å². The molecule has 2 heterocycles. The second kappa shape index (κ2) is 7.37. The Kier molecular flexibility index (Phi) is 5.20. The van der Waals surface area contributed by atoms with Crippen LogP contribution < -0.4 is 4.90 Å². The molecule has 3 rings (SSSR count). The zero-order chi connectivity index (χ0) is 17.9. The van der Waals surface area contributed by atoms with Gasteiger partial charge in [0.05, 0.1) is 11.4 Å². The highest BCUT2D eigenvalue weighted by molar-refractivity contribution is 8.13. The summed E-state index contributed by atoms with van der Waals surface area (Å²) in [6.45, 7) is 0.359. The molecule has 1 aromatic carbocycles. The largest absolute Gasteiger partial charge is 0.312 e. The normalized spacial score (nSPS) is 18.2. The third-order valence-corrected chi connectivity index (χ3v) is 5.20. The molecule has 1 fully saturated rings. The van der Waals surface area contributed by atoms with Crippen LogP contribution in [0.25, 0.3) is 12.2 Å². The van der Waals surface area contributed by atoms with Crippen molar-refractivity contribution < 1.29 is 13.2 Å². The van der Waals surface area contributed by atoms with Crippen molar-refractivity contribution in [1.29, 1.82) is 0 Å². The van der Waals surface area contributed by atoms with E-state index in [9.17, 15) is 13.2 Å². The summed E-state index contributed by atoms with van der Waals surface area (Å²) < 4.78 is 22.5. The molecule has 1 unspecified atom stereocenters. The Hall–Kier alpha value is -2.18. The third kappa shape index (κ3) is 4.90. The zero-order valence-electron chi connectivity index (χ0n) is 13.4. The lowest BCUT2D eigenvalue weighted by molar-refractivity contribution is -0.117. The average molecular weight is 377 g/mol. The van der Waals surface area contributed by atoms with Crippen LogP contribution in [0.4, 0.5) is 5.69 Å². The lowest BCUT2D eigenvalue weighted by Crippen LogP contribution is -2.25. The molecule has 0 spiro atoms. The standard InChI is InChI=1S/C18H17ClN2O3S/c19-25(23,24)13-15-11-18(22)21(12-15)17-6-3-4-14(10-17)7-8-16-5-1-2-9-20-16/h1-10,15H,11-13H2. The molecule has 0 radical (unpaired) electrons. The Bertz CT molecular complexity index is 898. The first-order chi connectivity index (χ1) is 11.9. The summed E-state index contributed by atoms with van der Waals surface area (Å²) in [6, 6.07) is 13.2. The quantitative estimate of drug-likeness (QED) is 0.751. The topological polar surface area (TPSA) is 67.3 Å². The van der Waals surface area contributed by atoms with Crippen LogP contribution >= 0.6 is 10.7 Å². The minimum absolute atomic E-state index is 0.0869. The second-order valence-corrected chi connectivity index (χ2v) is 8.78. The summed E-state index contributed by atoms with van der Waals surface area (Å²) in [7, 11) is 1.70. The maximum absolute atomic E-state index is 12.2. The highest BCUT2D eigenvalue weighted by Crippen LogP contribution is 2.27. The van der Waals surface area contributed by atoms with Gasteiger partial charge in [-0.25, -0.2) is 8.42 Å². The van der Waals surface area contributed by atoms with E-state index < -0.39 is 9.05 Å². The van der Waals surface area contributed by atoms with E-state index in [-0.39, 0.29) is 24.0 Å². The van der Waals surface area contributed by atoms with Gasteiger partial charge in [0.15, 0.2) is 0 Å². The van der Waals surface area contributed by atoms with Crippen molar-refractivity contribution in [2.24, 2.45) is 5.92 Å². The fourth-order valence-corrected chi connectivity index (χ4v) is 4.20. The fourth-order valence-electron chi connectivity index (χ4n) is 2.88. The minimum Gasteiger partial charge on any atom is -0.312 e. The van der Waals surface area contributed by atoms with E-state index in [0.29, 0.717) is 6.54 Å². The van der Waals surface area contributed by atoms with Gasteiger partial charge in [0.2, 0.25) is 15.0 Å². The van der Waals surface area contributed by atoms with E-state index in [1.54, 1.807) is 11.1 Å². The number of pyridine rings is 1. The maximum Gasteiger partial charge on any atom is 0.232 e. The van der Waals surface area contributed by atoms with Crippen molar-refractivity contribution in [3.05, 3.63) is 59.9 Å². The molecular formula is C18H17ClN2O3S. The van der Waals surface area contributed by atoms with Crippen LogP contribution in [-0.2, 0) is 13.8 Å². The minimum atomic E-state index is -3.61. The summed E-state index contributed by atoms with van der Waals surface area (Å²) in [4.78, 5) is 18.1. The molecule has 0 aliphatic carbocycles. The molecule has 25 heavy (non-hydrogen) atoms. The number of carbonyl (C=O) groups excluding carboxylic acids is 1. The first-order valence-electron chi connectivity index (χ1n) is 7.82. The monoisotopic (exact) mass is 376 g/mol. The van der Waals surface area contributed by atoms with Gasteiger partial charge in [0.25, 0.3) is 0 Å². The predicted octanol–water partition coefficient (Wildman–Crippen LogP) is 3.17. The maximum atomic E-state index is 12.2. The number of carbonyl (C=O) groups is 1. The van der Waals surface area contributed by atoms with Crippen molar-refractivity contribution in [3.63, 3.8) is 0 Å². The van der Waals surface area contributed by atoms with E-state index in [2.05, 4.69) is 4.98 Å². The predicted molar refractivity (Wildman–Crippen MR) is 99.7 cm³/mol. The lowest BCUT2D eigenvalue weighted by Gasteiger charge is -2.17. The second-order valence-electron chi connectivity index (χ2n) is 5.96. The van der Waals surface area contributed by atoms with Crippen LogP contribution in [0.1, 0.15) is 17.7 Å². The number of aromatic nitrogens is 1. The van der Waals surface area contributed by atoms with E-state index in [0.717, 1.165) is 16.9 Å². The van der Waals surface area contributed by atoms with E-state index >= 15 is 0 Å². The summed E-state index contributed by atoms with van der Waals surface area (Å²) in [6.07, 6.45) is 5.74. The van der Waals surface area contributed by atoms with Crippen LogP contribution in [-0.4, -0.2) is 31.6 Å². The Morgan fingerprint density at radius 1 is 1.20 bits per heavy atom. The zero-order valence-corrected chi connectivity index (χ0v) is 14.9. The van der Waals surface area contributed by atoms with Gasteiger partial charge >= 0.3 is 0 Å². The summed E-state index contributed by atoms with van der Waals surface area (Å²) in [5.41, 5.74) is 2.53. The molecule has 2 aromatic rings. The van der Waals surface area contributed by atoms with Gasteiger partial charge in [-0.1, -0.05) is 24.3 Å². The highest BCUT2D eigenvalue weighted by Gasteiger charge is 2.33. The van der Waals surface area contributed by atoms with Gasteiger partial charge in [0.1, 0.15) is 0 Å². The van der Waals surface area contributed by atoms with Crippen LogP contribution in [0.3, 0.4) is 0 Å². The summed E-state index contributed by atoms with van der Waals surface area (Å²) in [5.74, 6) is -0.547. The van der Waals surface area contributed by atoms with Crippen LogP contribution in [0.2, 0.25) is 0 Å².